The van der Waals surface area contributed by atoms with Crippen LogP contribution in [0.1, 0.15) is 65.7 Å². The Morgan fingerprint density at radius 1 is 1.17 bits per heavy atom. The number of fused-ring (bicyclic) bond motifs is 1. The molecule has 1 N–H and O–H groups in total. The van der Waals surface area contributed by atoms with Crippen LogP contribution in [-0.2, 0) is 33.9 Å². The number of esters is 1. The van der Waals surface area contributed by atoms with Gasteiger partial charge in [0.15, 0.2) is 5.78 Å². The summed E-state index contributed by atoms with van der Waals surface area (Å²) in [5.74, 6) is -1.81. The van der Waals surface area contributed by atoms with Crippen LogP contribution in [0.2, 0.25) is 5.02 Å². The Hall–Kier alpha value is -3.71. The van der Waals surface area contributed by atoms with Gasteiger partial charge in [0, 0.05) is 35.1 Å². The first-order valence-electron chi connectivity index (χ1n) is 15.6. The molecule has 0 unspecified atom stereocenters. The number of hydrogen-bond acceptors (Lipinski definition) is 10. The number of allylic oxidation sites excluding steroid dienone is 1. The summed E-state index contributed by atoms with van der Waals surface area (Å²) in [6.45, 7) is 8.96. The zero-order valence-corrected chi connectivity index (χ0v) is 28.5. The Labute approximate surface area is 279 Å². The van der Waals surface area contributed by atoms with Crippen molar-refractivity contribution in [3.05, 3.63) is 42.1 Å². The van der Waals surface area contributed by atoms with Gasteiger partial charge in [-0.2, -0.15) is 0 Å². The number of hydrogen-bond donors (Lipinski definition) is 1. The smallest absolute Gasteiger partial charge is 0.306 e. The predicted octanol–water partition coefficient (Wildman–Crippen LogP) is 4.13. The number of halogens is 1. The molecule has 2 saturated carbocycles. The first-order valence-corrected chi connectivity index (χ1v) is 17.5. The first kappa shape index (κ1) is 34.6. The van der Waals surface area contributed by atoms with E-state index in [-0.39, 0.29) is 44.5 Å². The van der Waals surface area contributed by atoms with E-state index in [2.05, 4.69) is 16.3 Å². The number of likely N-dealkylation sites (tertiary alicyclic amines) is 1. The van der Waals surface area contributed by atoms with Crippen molar-refractivity contribution in [2.75, 3.05) is 13.7 Å². The van der Waals surface area contributed by atoms with E-state index in [1.54, 1.807) is 45.0 Å². The molecule has 5 rings (SSSR count). The molecule has 254 valence electrons. The summed E-state index contributed by atoms with van der Waals surface area (Å²) in [4.78, 5) is 59.1. The number of pyridine rings is 1. The highest BCUT2D eigenvalue weighted by atomic mass is 35.5. The number of nitrogens with one attached hydrogen (secondary N) is 1. The van der Waals surface area contributed by atoms with Gasteiger partial charge in [0.05, 0.1) is 43.0 Å². The zero-order valence-electron chi connectivity index (χ0n) is 26.9. The number of nitrogens with zero attached hydrogens (tertiary/aromatic N) is 2. The van der Waals surface area contributed by atoms with E-state index >= 15 is 0 Å². The second-order valence-electron chi connectivity index (χ2n) is 13.5. The largest absolute Gasteiger partial charge is 0.494 e. The number of amides is 2. The topological polar surface area (TPSA) is 158 Å². The van der Waals surface area contributed by atoms with Crippen molar-refractivity contribution >= 4 is 56.0 Å². The molecular formula is C33H40ClN3O9S. The number of ketones is 1. The monoisotopic (exact) mass is 689 g/mol. The quantitative estimate of drug-likeness (QED) is 0.240. The summed E-state index contributed by atoms with van der Waals surface area (Å²) in [5, 5.41) is 1.12. The van der Waals surface area contributed by atoms with Gasteiger partial charge in [0.2, 0.25) is 27.7 Å². The summed E-state index contributed by atoms with van der Waals surface area (Å²) in [6, 6.07) is 4.18. The maximum Gasteiger partial charge on any atom is 0.306 e. The molecule has 12 nitrogen and oxygen atoms in total. The summed E-state index contributed by atoms with van der Waals surface area (Å²) in [6.07, 6.45) is 3.01. The highest BCUT2D eigenvalue weighted by Gasteiger charge is 2.61. The van der Waals surface area contributed by atoms with Crippen LogP contribution in [-0.4, -0.2) is 78.5 Å². The van der Waals surface area contributed by atoms with E-state index in [1.165, 1.54) is 18.2 Å². The van der Waals surface area contributed by atoms with Crippen molar-refractivity contribution in [3.63, 3.8) is 0 Å². The summed E-state index contributed by atoms with van der Waals surface area (Å²) in [7, 11) is -2.32. The molecule has 2 aromatic rings. The molecule has 2 amide bonds. The van der Waals surface area contributed by atoms with Gasteiger partial charge in [-0.05, 0) is 64.2 Å². The lowest BCUT2D eigenvalue weighted by atomic mass is 9.91. The number of carbonyl (C=O) groups is 4. The number of aromatic nitrogens is 1. The van der Waals surface area contributed by atoms with Crippen LogP contribution < -0.4 is 14.2 Å². The van der Waals surface area contributed by atoms with E-state index < -0.39 is 67.9 Å². The molecule has 2 aliphatic carbocycles. The van der Waals surface area contributed by atoms with Crippen LogP contribution >= 0.6 is 11.6 Å². The second-order valence-corrected chi connectivity index (χ2v) is 15.9. The van der Waals surface area contributed by atoms with Gasteiger partial charge in [0.25, 0.3) is 0 Å². The molecule has 1 aromatic heterocycles. The van der Waals surface area contributed by atoms with Gasteiger partial charge in [-0.3, -0.25) is 23.9 Å². The van der Waals surface area contributed by atoms with Gasteiger partial charge in [-0.1, -0.05) is 17.7 Å². The maximum atomic E-state index is 14.0. The van der Waals surface area contributed by atoms with E-state index in [0.29, 0.717) is 34.4 Å². The molecule has 3 fully saturated rings. The van der Waals surface area contributed by atoms with Crippen LogP contribution in [0.5, 0.6) is 11.6 Å². The number of sulfonamides is 1. The third-order valence-electron chi connectivity index (χ3n) is 8.75. The molecule has 1 saturated heterocycles. The molecule has 2 heterocycles. The minimum Gasteiger partial charge on any atom is -0.494 e. The molecule has 0 radical (unpaired) electrons. The van der Waals surface area contributed by atoms with Crippen LogP contribution in [0.4, 0.5) is 0 Å². The lowest BCUT2D eigenvalue weighted by Gasteiger charge is -2.25. The fourth-order valence-corrected chi connectivity index (χ4v) is 7.65. The van der Waals surface area contributed by atoms with Crippen molar-refractivity contribution in [2.24, 2.45) is 11.3 Å². The second kappa shape index (κ2) is 13.1. The van der Waals surface area contributed by atoms with Gasteiger partial charge in [0.1, 0.15) is 17.5 Å². The number of carbonyl (C=O) groups excluding carboxylic acids is 4. The minimum absolute atomic E-state index is 0.0134. The molecule has 1 aliphatic heterocycles. The van der Waals surface area contributed by atoms with Crippen LogP contribution in [0, 0.1) is 11.3 Å². The average molecular weight is 690 g/mol. The maximum absolute atomic E-state index is 14.0. The standard InChI is InChI=1S/C33H40ClN3O9S/c1-6-19-15-33(19,31(41)36-47(42,43)22-8-9-22)16-26(38)25-14-21(18-37(25)28(39)11-12-29(40)46-32(2,3)4)45-30-24-13-20(34)7-10-23(24)27(44-5)17-35-30/h6-7,10,13,17,19,21-22,25H,1,8-9,11-12,14-16,18H2,2-5H3,(H,36,41)/t19-,21-,25+,33-/m1/s1. The van der Waals surface area contributed by atoms with Crippen LogP contribution in [0.25, 0.3) is 10.8 Å². The van der Waals surface area contributed by atoms with Gasteiger partial charge < -0.3 is 19.1 Å². The SMILES string of the molecule is C=C[C@@H]1C[C@]1(CC(=O)[C@@H]1C[C@@H](Oc2ncc(OC)c3ccc(Cl)cc23)CN1C(=O)CCC(=O)OC(C)(C)C)C(=O)NS(=O)(=O)C1CC1. The highest BCUT2D eigenvalue weighted by Crippen LogP contribution is 2.57. The van der Waals surface area contributed by atoms with E-state index in [0.717, 1.165) is 0 Å². The molecule has 1 aromatic carbocycles. The van der Waals surface area contributed by atoms with Crippen molar-refractivity contribution in [3.8, 4) is 11.6 Å². The molecule has 0 spiro atoms. The lowest BCUT2D eigenvalue weighted by molar-refractivity contribution is -0.156. The minimum atomic E-state index is -3.84. The third-order valence-corrected chi connectivity index (χ3v) is 10.8. The number of benzene rings is 1. The first-order chi connectivity index (χ1) is 22.1. The Morgan fingerprint density at radius 3 is 2.51 bits per heavy atom. The molecule has 4 atom stereocenters. The van der Waals surface area contributed by atoms with Gasteiger partial charge in [-0.25, -0.2) is 13.4 Å². The van der Waals surface area contributed by atoms with Crippen LogP contribution in [0.3, 0.4) is 0 Å². The summed E-state index contributed by atoms with van der Waals surface area (Å²) >= 11 is 6.27. The van der Waals surface area contributed by atoms with E-state index in [1.807, 2.05) is 0 Å². The van der Waals surface area contributed by atoms with Gasteiger partial charge >= 0.3 is 5.97 Å². The molecule has 0 bridgehead atoms. The van der Waals surface area contributed by atoms with Crippen molar-refractivity contribution in [1.82, 2.24) is 14.6 Å². The molecule has 3 aliphatic rings. The number of rotatable bonds is 13. The number of methoxy groups -OCH3 is 1. The molecule has 14 heteroatoms. The summed E-state index contributed by atoms with van der Waals surface area (Å²) in [5.41, 5.74) is -2.01. The van der Waals surface area contributed by atoms with Crippen molar-refractivity contribution in [2.45, 2.75) is 88.7 Å². The number of Topliss-reactive ketones (excluding diaryl/α,β-unsaturated/α-hetero) is 1. The van der Waals surface area contributed by atoms with Crippen LogP contribution in [0.15, 0.2) is 37.1 Å². The van der Waals surface area contributed by atoms with E-state index in [9.17, 15) is 27.6 Å². The highest BCUT2D eigenvalue weighted by molar-refractivity contribution is 7.90. The number of ether oxygens (including phenoxy) is 3. The average Bonchev–Trinajstić information content (AvgIpc) is 3.92. The normalized spacial score (nSPS) is 24.0. The Balaban J connectivity index is 1.38. The fraction of sp³-hybridized carbons (Fsp3) is 0.545. The zero-order chi connectivity index (χ0) is 34.3. The van der Waals surface area contributed by atoms with Crippen molar-refractivity contribution < 1.29 is 41.8 Å². The molecular weight excluding hydrogens is 650 g/mol. The Kier molecular flexibility index (Phi) is 9.62. The van der Waals surface area contributed by atoms with E-state index in [4.69, 9.17) is 25.8 Å². The predicted molar refractivity (Wildman–Crippen MR) is 173 cm³/mol. The Morgan fingerprint density at radius 2 is 1.89 bits per heavy atom. The lowest BCUT2D eigenvalue weighted by Crippen LogP contribution is -2.44. The van der Waals surface area contributed by atoms with Gasteiger partial charge in [-0.15, -0.1) is 6.58 Å². The Bertz CT molecular complexity index is 1720. The fourth-order valence-electron chi connectivity index (χ4n) is 6.10. The third kappa shape index (κ3) is 7.72. The molecule has 47 heavy (non-hydrogen) atoms. The summed E-state index contributed by atoms with van der Waals surface area (Å²) < 4.78 is 44.4. The van der Waals surface area contributed by atoms with Crippen molar-refractivity contribution in [1.29, 1.82) is 0 Å².